The van der Waals surface area contributed by atoms with Gasteiger partial charge in [0.05, 0.1) is 4.90 Å². The zero-order valence-corrected chi connectivity index (χ0v) is 11.0. The average molecular weight is 241 g/mol. The highest BCUT2D eigenvalue weighted by atomic mass is 32.2. The molecule has 90 valence electrons. The van der Waals surface area contributed by atoms with E-state index < -0.39 is 10.0 Å². The monoisotopic (exact) mass is 241 g/mol. The van der Waals surface area contributed by atoms with Gasteiger partial charge in [0.25, 0.3) is 0 Å². The van der Waals surface area contributed by atoms with E-state index in [1.807, 2.05) is 26.8 Å². The van der Waals surface area contributed by atoms with E-state index in [0.717, 1.165) is 5.56 Å². The summed E-state index contributed by atoms with van der Waals surface area (Å²) in [7, 11) is -3.39. The third-order valence-corrected chi connectivity index (χ3v) is 4.44. The standard InChI is InChI=1S/C12H19NO2S/c1-9(2)11(4)13-16(14,15)12-8-6-5-7-10(12)3/h5-9,11,13H,1-4H3. The van der Waals surface area contributed by atoms with Gasteiger partial charge >= 0.3 is 0 Å². The largest absolute Gasteiger partial charge is 0.241 e. The Balaban J connectivity index is 3.00. The Hall–Kier alpha value is -0.870. The molecule has 0 saturated carbocycles. The lowest BCUT2D eigenvalue weighted by atomic mass is 10.1. The van der Waals surface area contributed by atoms with Crippen molar-refractivity contribution in [2.24, 2.45) is 5.92 Å². The van der Waals surface area contributed by atoms with E-state index in [9.17, 15) is 8.42 Å². The molecule has 1 aromatic rings. The lowest BCUT2D eigenvalue weighted by Gasteiger charge is -2.18. The van der Waals surface area contributed by atoms with E-state index in [0.29, 0.717) is 4.90 Å². The van der Waals surface area contributed by atoms with Gasteiger partial charge < -0.3 is 0 Å². The van der Waals surface area contributed by atoms with Crippen LogP contribution >= 0.6 is 0 Å². The Kier molecular flexibility index (Phi) is 4.10. The minimum absolute atomic E-state index is 0.0652. The van der Waals surface area contributed by atoms with Crippen LogP contribution in [0.5, 0.6) is 0 Å². The predicted octanol–water partition coefficient (Wildman–Crippen LogP) is 2.32. The third-order valence-electron chi connectivity index (χ3n) is 2.72. The van der Waals surface area contributed by atoms with Crippen LogP contribution in [0.1, 0.15) is 26.3 Å². The van der Waals surface area contributed by atoms with E-state index in [-0.39, 0.29) is 12.0 Å². The SMILES string of the molecule is Cc1ccccc1S(=O)(=O)NC(C)C(C)C. The molecule has 0 spiro atoms. The Morgan fingerprint density at radius 3 is 2.19 bits per heavy atom. The van der Waals surface area contributed by atoms with Gasteiger partial charge in [-0.15, -0.1) is 0 Å². The van der Waals surface area contributed by atoms with Gasteiger partial charge in [-0.2, -0.15) is 0 Å². The maximum absolute atomic E-state index is 12.1. The molecule has 0 amide bonds. The first kappa shape index (κ1) is 13.2. The number of benzene rings is 1. The third kappa shape index (κ3) is 3.06. The Morgan fingerprint density at radius 1 is 1.12 bits per heavy atom. The summed E-state index contributed by atoms with van der Waals surface area (Å²) in [6.07, 6.45) is 0. The van der Waals surface area contributed by atoms with Crippen LogP contribution in [0, 0.1) is 12.8 Å². The molecule has 0 aliphatic rings. The summed E-state index contributed by atoms with van der Waals surface area (Å²) in [5.74, 6) is 0.277. The summed E-state index contributed by atoms with van der Waals surface area (Å²) in [4.78, 5) is 0.363. The van der Waals surface area contributed by atoms with Gasteiger partial charge in [0, 0.05) is 6.04 Å². The Bertz CT molecular complexity index is 452. The summed E-state index contributed by atoms with van der Waals surface area (Å²) in [6.45, 7) is 7.66. The zero-order valence-electron chi connectivity index (χ0n) is 10.2. The summed E-state index contributed by atoms with van der Waals surface area (Å²) in [5.41, 5.74) is 0.769. The predicted molar refractivity (Wildman–Crippen MR) is 65.8 cm³/mol. The van der Waals surface area contributed by atoms with E-state index in [1.54, 1.807) is 25.1 Å². The fraction of sp³-hybridized carbons (Fsp3) is 0.500. The summed E-state index contributed by atoms with van der Waals surface area (Å²) < 4.78 is 26.8. The highest BCUT2D eigenvalue weighted by Crippen LogP contribution is 2.15. The van der Waals surface area contributed by atoms with Crippen molar-refractivity contribution < 1.29 is 8.42 Å². The maximum Gasteiger partial charge on any atom is 0.241 e. The van der Waals surface area contributed by atoms with E-state index in [1.165, 1.54) is 0 Å². The van der Waals surface area contributed by atoms with Crippen LogP contribution in [0.3, 0.4) is 0 Å². The molecule has 0 bridgehead atoms. The van der Waals surface area contributed by atoms with Crippen molar-refractivity contribution >= 4 is 10.0 Å². The smallest absolute Gasteiger partial charge is 0.208 e. The second-order valence-electron chi connectivity index (χ2n) is 4.42. The second kappa shape index (κ2) is 4.97. The van der Waals surface area contributed by atoms with E-state index >= 15 is 0 Å². The van der Waals surface area contributed by atoms with Crippen molar-refractivity contribution in [1.82, 2.24) is 4.72 Å². The van der Waals surface area contributed by atoms with Crippen molar-refractivity contribution in [3.63, 3.8) is 0 Å². The molecule has 1 N–H and O–H groups in total. The number of rotatable bonds is 4. The molecule has 1 unspecified atom stereocenters. The number of nitrogens with one attached hydrogen (secondary N) is 1. The minimum Gasteiger partial charge on any atom is -0.208 e. The average Bonchev–Trinajstić information content (AvgIpc) is 2.17. The summed E-state index contributed by atoms with van der Waals surface area (Å²) in [5, 5.41) is 0. The molecule has 16 heavy (non-hydrogen) atoms. The van der Waals surface area contributed by atoms with Gasteiger partial charge in [-0.05, 0) is 31.4 Å². The Labute approximate surface area is 97.9 Å². The highest BCUT2D eigenvalue weighted by molar-refractivity contribution is 7.89. The van der Waals surface area contributed by atoms with Gasteiger partial charge in [0.15, 0.2) is 0 Å². The fourth-order valence-corrected chi connectivity index (χ4v) is 2.94. The van der Waals surface area contributed by atoms with Gasteiger partial charge in [0.2, 0.25) is 10.0 Å². The molecule has 4 heteroatoms. The molecule has 0 aliphatic heterocycles. The molecule has 1 aromatic carbocycles. The lowest BCUT2D eigenvalue weighted by Crippen LogP contribution is -2.36. The quantitative estimate of drug-likeness (QED) is 0.879. The molecule has 0 fully saturated rings. The lowest BCUT2D eigenvalue weighted by molar-refractivity contribution is 0.476. The van der Waals surface area contributed by atoms with Crippen LogP contribution < -0.4 is 4.72 Å². The van der Waals surface area contributed by atoms with Gasteiger partial charge in [-0.3, -0.25) is 0 Å². The van der Waals surface area contributed by atoms with Gasteiger partial charge in [-0.25, -0.2) is 13.1 Å². The molecule has 3 nitrogen and oxygen atoms in total. The molecular formula is C12H19NO2S. The normalized spacial score (nSPS) is 14.1. The van der Waals surface area contributed by atoms with Crippen molar-refractivity contribution in [2.75, 3.05) is 0 Å². The first-order valence-corrected chi connectivity index (χ1v) is 6.91. The summed E-state index contributed by atoms with van der Waals surface area (Å²) >= 11 is 0. The topological polar surface area (TPSA) is 46.2 Å². The molecule has 0 saturated heterocycles. The van der Waals surface area contributed by atoms with Crippen molar-refractivity contribution in [3.8, 4) is 0 Å². The number of aryl methyl sites for hydroxylation is 1. The molecule has 0 aromatic heterocycles. The van der Waals surface area contributed by atoms with Crippen LogP contribution in [0.4, 0.5) is 0 Å². The van der Waals surface area contributed by atoms with Gasteiger partial charge in [0.1, 0.15) is 0 Å². The minimum atomic E-state index is -3.39. The van der Waals surface area contributed by atoms with Crippen LogP contribution in [-0.2, 0) is 10.0 Å². The van der Waals surface area contributed by atoms with Crippen molar-refractivity contribution in [1.29, 1.82) is 0 Å². The van der Waals surface area contributed by atoms with Crippen LogP contribution in [0.15, 0.2) is 29.2 Å². The molecule has 0 radical (unpaired) electrons. The highest BCUT2D eigenvalue weighted by Gasteiger charge is 2.20. The molecular weight excluding hydrogens is 222 g/mol. The van der Waals surface area contributed by atoms with Crippen molar-refractivity contribution in [2.45, 2.75) is 38.6 Å². The number of hydrogen-bond donors (Lipinski definition) is 1. The molecule has 0 aliphatic carbocycles. The molecule has 1 rings (SSSR count). The van der Waals surface area contributed by atoms with E-state index in [4.69, 9.17) is 0 Å². The molecule has 1 atom stereocenters. The summed E-state index contributed by atoms with van der Waals surface area (Å²) in [6, 6.07) is 6.94. The number of sulfonamides is 1. The molecule has 0 heterocycles. The van der Waals surface area contributed by atoms with Gasteiger partial charge in [-0.1, -0.05) is 32.0 Å². The van der Waals surface area contributed by atoms with Crippen LogP contribution in [0.25, 0.3) is 0 Å². The Morgan fingerprint density at radius 2 is 1.69 bits per heavy atom. The number of hydrogen-bond acceptors (Lipinski definition) is 2. The van der Waals surface area contributed by atoms with Crippen LogP contribution in [-0.4, -0.2) is 14.5 Å². The van der Waals surface area contributed by atoms with Crippen molar-refractivity contribution in [3.05, 3.63) is 29.8 Å². The van der Waals surface area contributed by atoms with E-state index in [2.05, 4.69) is 4.72 Å². The first-order chi connectivity index (χ1) is 7.34. The van der Waals surface area contributed by atoms with Crippen LogP contribution in [0.2, 0.25) is 0 Å². The maximum atomic E-state index is 12.1. The first-order valence-electron chi connectivity index (χ1n) is 5.42. The zero-order chi connectivity index (χ0) is 12.3. The fourth-order valence-electron chi connectivity index (χ4n) is 1.30. The second-order valence-corrected chi connectivity index (χ2v) is 6.10.